The van der Waals surface area contributed by atoms with Gasteiger partial charge in [-0.15, -0.1) is 0 Å². The molecule has 7 atom stereocenters. The Morgan fingerprint density at radius 2 is 1.23 bits per heavy atom. The predicted octanol–water partition coefficient (Wildman–Crippen LogP) is 10.2. The third kappa shape index (κ3) is 33.0. The van der Waals surface area contributed by atoms with Gasteiger partial charge in [0.2, 0.25) is 0 Å². The van der Waals surface area contributed by atoms with Crippen molar-refractivity contribution in [2.24, 2.45) is 0 Å². The number of nitrogen functional groups attached to an aromatic ring is 1. The van der Waals surface area contributed by atoms with E-state index >= 15 is 0 Å². The van der Waals surface area contributed by atoms with Gasteiger partial charge in [-0.05, 0) is 89.2 Å². The van der Waals surface area contributed by atoms with E-state index < -0.39 is 83.7 Å². The van der Waals surface area contributed by atoms with Gasteiger partial charge in [0.1, 0.15) is 30.7 Å². The van der Waals surface area contributed by atoms with Gasteiger partial charge in [-0.2, -0.15) is 9.29 Å². The number of aromatic nitrogens is 2. The number of aliphatic hydroxyl groups is 2. The van der Waals surface area contributed by atoms with Crippen LogP contribution in [0.5, 0.6) is 0 Å². The molecule has 2 unspecified atom stereocenters. The molecule has 418 valence electrons. The summed E-state index contributed by atoms with van der Waals surface area (Å²) in [5, 5.41) is 20.9. The molecule has 1 aliphatic heterocycles. The molecule has 0 spiro atoms. The topological polar surface area (TPSA) is 283 Å². The molecule has 1 aromatic heterocycles. The monoisotopic (exact) mass is 1090 g/mol. The number of unbranched alkanes of at least 4 members (excludes halogenated alkanes) is 6. The highest BCUT2D eigenvalue weighted by Crippen LogP contribution is 2.60. The number of phosphoric acid groups is 2. The van der Waals surface area contributed by atoms with E-state index in [0.717, 1.165) is 55.7 Å². The third-order valence-electron chi connectivity index (χ3n) is 10.8. The third-order valence-corrected chi connectivity index (χ3v) is 13.4. The van der Waals surface area contributed by atoms with Crippen molar-refractivity contribution >= 4 is 39.2 Å². The van der Waals surface area contributed by atoms with Crippen molar-refractivity contribution in [3.05, 3.63) is 132 Å². The molecule has 1 aliphatic rings. The summed E-state index contributed by atoms with van der Waals surface area (Å²) in [5.41, 5.74) is 4.57. The first kappa shape index (κ1) is 66.2. The van der Waals surface area contributed by atoms with Crippen molar-refractivity contribution < 1.29 is 71.1 Å². The van der Waals surface area contributed by atoms with E-state index in [2.05, 4.69) is 59.6 Å². The molecule has 19 nitrogen and oxygen atoms in total. The Bertz CT molecular complexity index is 2250. The summed E-state index contributed by atoms with van der Waals surface area (Å²) in [7, 11) is -10.9. The Balaban J connectivity index is 1.87. The summed E-state index contributed by atoms with van der Waals surface area (Å²) in [5.74, 6) is -1.39. The van der Waals surface area contributed by atoms with Crippen LogP contribution in [0.1, 0.15) is 142 Å². The van der Waals surface area contributed by atoms with E-state index in [-0.39, 0.29) is 30.9 Å². The van der Waals surface area contributed by atoms with E-state index in [1.165, 1.54) is 25.3 Å². The van der Waals surface area contributed by atoms with Gasteiger partial charge >= 0.3 is 33.3 Å². The first-order valence-electron chi connectivity index (χ1n) is 25.9. The zero-order chi connectivity index (χ0) is 55.0. The van der Waals surface area contributed by atoms with Gasteiger partial charge in [0, 0.05) is 25.5 Å². The van der Waals surface area contributed by atoms with E-state index in [9.17, 15) is 48.3 Å². The van der Waals surface area contributed by atoms with Crippen LogP contribution in [-0.4, -0.2) is 91.5 Å². The minimum Gasteiger partial charge on any atom is -0.462 e. The van der Waals surface area contributed by atoms with Crippen LogP contribution in [0.2, 0.25) is 0 Å². The van der Waals surface area contributed by atoms with Crippen molar-refractivity contribution in [2.45, 2.75) is 166 Å². The molecule has 2 rings (SSSR count). The maximum atomic E-state index is 12.9. The van der Waals surface area contributed by atoms with Crippen LogP contribution in [0, 0.1) is 0 Å². The molecule has 0 saturated carbocycles. The fourth-order valence-corrected chi connectivity index (χ4v) is 8.88. The smallest absolute Gasteiger partial charge is 0.462 e. The van der Waals surface area contributed by atoms with Crippen LogP contribution in [-0.2, 0) is 51.1 Å². The number of allylic oxidation sites excluding steroid dienone is 18. The number of esters is 2. The highest BCUT2D eigenvalue weighted by atomic mass is 31.3. The van der Waals surface area contributed by atoms with Gasteiger partial charge in [-0.25, -0.2) is 13.9 Å². The molecule has 1 fully saturated rings. The number of rotatable bonds is 41. The molecule has 6 N–H and O–H groups in total. The van der Waals surface area contributed by atoms with Crippen LogP contribution in [0.25, 0.3) is 0 Å². The lowest BCUT2D eigenvalue weighted by molar-refractivity contribution is -0.161. The lowest BCUT2D eigenvalue weighted by Gasteiger charge is -2.21. The number of aliphatic hydroxyl groups excluding tert-OH is 2. The standard InChI is InChI=1S/C54H81N3O16P2/c1-3-5-7-8-9-10-11-12-13-14-15-16-17-18-21-25-28-31-35-39-50(60)71-46(42-68-49(59)38-34-30-27-24-22-19-20-23-26-29-33-37-45(58)36-32-6-4-2)43-69-74(64,65)73-75(66,67)70-44-47-51(61)52(62)53(72-47)57-41-40-48(55)56-54(57)63/h9-10,12-13,15-16,18-21,24,26-29,31,33,37,40-41,46-47,51-53,61-62H,3-8,11,14,17,22-23,25,30,32,34-36,38-39,42-44H2,1-2H3,(H,64,65)(H,66,67)(H2,55,56,63)/b10-9-,13-12-,16-15-,20-19-,21-18-,27-24-,29-26-,31-28-,37-33+/t46-,47-,51-,52-,53-/m1/s1. The number of carbonyl (C=O) groups excluding carboxylic acids is 3. The van der Waals surface area contributed by atoms with Crippen molar-refractivity contribution in [2.75, 3.05) is 25.6 Å². The maximum Gasteiger partial charge on any atom is 0.481 e. The number of carbonyl (C=O) groups is 3. The lowest BCUT2D eigenvalue weighted by Crippen LogP contribution is -2.36. The number of ketones is 1. The Morgan fingerprint density at radius 1 is 0.680 bits per heavy atom. The average molecular weight is 1090 g/mol. The summed E-state index contributed by atoms with van der Waals surface area (Å²) >= 11 is 0. The number of phosphoric ester groups is 2. The molecule has 1 aromatic rings. The quantitative estimate of drug-likeness (QED) is 0.0102. The number of nitrogens with two attached hydrogens (primary N) is 1. The normalized spacial score (nSPS) is 19.6. The fourth-order valence-electron chi connectivity index (χ4n) is 6.77. The Kier molecular flexibility index (Phi) is 35.6. The summed E-state index contributed by atoms with van der Waals surface area (Å²) in [4.78, 5) is 73.7. The molecule has 2 heterocycles. The van der Waals surface area contributed by atoms with Gasteiger partial charge in [0.05, 0.1) is 13.2 Å². The van der Waals surface area contributed by atoms with Gasteiger partial charge < -0.3 is 39.9 Å². The van der Waals surface area contributed by atoms with Crippen LogP contribution >= 0.6 is 15.6 Å². The van der Waals surface area contributed by atoms with Gasteiger partial charge in [0.15, 0.2) is 18.1 Å². The molecule has 21 heteroatoms. The van der Waals surface area contributed by atoms with Gasteiger partial charge in [-0.1, -0.05) is 143 Å². The van der Waals surface area contributed by atoms with E-state index in [0.29, 0.717) is 38.5 Å². The number of nitrogens with zero attached hydrogens (tertiary/aromatic N) is 2. The van der Waals surface area contributed by atoms with Crippen molar-refractivity contribution in [1.29, 1.82) is 0 Å². The highest BCUT2D eigenvalue weighted by Gasteiger charge is 2.46. The summed E-state index contributed by atoms with van der Waals surface area (Å²) < 4.78 is 56.6. The predicted molar refractivity (Wildman–Crippen MR) is 289 cm³/mol. The van der Waals surface area contributed by atoms with Crippen molar-refractivity contribution in [1.82, 2.24) is 9.55 Å². The Hall–Kier alpha value is -4.91. The van der Waals surface area contributed by atoms with Crippen molar-refractivity contribution in [3.63, 3.8) is 0 Å². The number of hydrogen-bond acceptors (Lipinski definition) is 16. The van der Waals surface area contributed by atoms with E-state index in [4.69, 9.17) is 29.0 Å². The lowest BCUT2D eigenvalue weighted by atomic mass is 10.1. The minimum atomic E-state index is -5.47. The number of hydrogen-bond donors (Lipinski definition) is 5. The van der Waals surface area contributed by atoms with E-state index in [1.54, 1.807) is 18.2 Å². The molecule has 0 aromatic carbocycles. The summed E-state index contributed by atoms with van der Waals surface area (Å²) in [6.07, 6.45) is 43.2. The Labute approximate surface area is 442 Å². The maximum absolute atomic E-state index is 12.9. The minimum absolute atomic E-state index is 0.00276. The van der Waals surface area contributed by atoms with Crippen LogP contribution in [0.15, 0.2) is 126 Å². The average Bonchev–Trinajstić information content (AvgIpc) is 3.64. The second kappa shape index (κ2) is 40.4. The molecule has 0 radical (unpaired) electrons. The summed E-state index contributed by atoms with van der Waals surface area (Å²) in [6.45, 7) is 1.82. The molecular formula is C54H81N3O16P2. The Morgan fingerprint density at radius 3 is 1.83 bits per heavy atom. The molecular weight excluding hydrogens is 1010 g/mol. The molecule has 0 bridgehead atoms. The van der Waals surface area contributed by atoms with Crippen molar-refractivity contribution in [3.8, 4) is 0 Å². The molecule has 0 aliphatic carbocycles. The second-order valence-electron chi connectivity index (χ2n) is 17.3. The number of ether oxygens (including phenoxy) is 3. The fraction of sp³-hybridized carbons (Fsp3) is 0.537. The second-order valence-corrected chi connectivity index (χ2v) is 20.4. The van der Waals surface area contributed by atoms with Gasteiger partial charge in [-0.3, -0.25) is 28.0 Å². The molecule has 75 heavy (non-hydrogen) atoms. The van der Waals surface area contributed by atoms with Crippen LogP contribution in [0.4, 0.5) is 5.82 Å². The highest BCUT2D eigenvalue weighted by molar-refractivity contribution is 7.61. The zero-order valence-corrected chi connectivity index (χ0v) is 45.3. The van der Waals surface area contributed by atoms with Crippen LogP contribution < -0.4 is 11.4 Å². The molecule has 1 saturated heterocycles. The summed E-state index contributed by atoms with van der Waals surface area (Å²) in [6, 6.07) is 1.23. The first-order chi connectivity index (χ1) is 36.1. The van der Waals surface area contributed by atoms with Crippen LogP contribution in [0.3, 0.4) is 0 Å². The number of anilines is 1. The first-order valence-corrected chi connectivity index (χ1v) is 28.8. The van der Waals surface area contributed by atoms with E-state index in [1.807, 2.05) is 54.7 Å². The van der Waals surface area contributed by atoms with Gasteiger partial charge in [0.25, 0.3) is 0 Å². The molecule has 0 amide bonds. The zero-order valence-electron chi connectivity index (χ0n) is 43.5. The largest absolute Gasteiger partial charge is 0.481 e. The SMILES string of the molecule is CCCCC/C=C\C/C=C\C/C=C\C/C=C\C/C=C\CCC(=O)O[C@H](COC(=O)CCC/C=C\C/C=C\C/C=C\C=C\C(=O)CCCCC)COP(=O)(O)OP(=O)(O)OC[C@H]1O[C@@H](n2ccc(N)nc2=O)[C@H](O)[C@@H]1O.